The van der Waals surface area contributed by atoms with Gasteiger partial charge in [-0.1, -0.05) is 20.8 Å². The summed E-state index contributed by atoms with van der Waals surface area (Å²) in [4.78, 5) is 26.4. The van der Waals surface area contributed by atoms with Crippen LogP contribution in [-0.2, 0) is 28.9 Å². The molecule has 0 radical (unpaired) electrons. The summed E-state index contributed by atoms with van der Waals surface area (Å²) in [5, 5.41) is 0. The molecule has 0 aromatic rings. The van der Waals surface area contributed by atoms with Crippen molar-refractivity contribution >= 4 is 21.7 Å². The van der Waals surface area contributed by atoms with Gasteiger partial charge in [-0.2, -0.15) is 0 Å². The molecule has 0 saturated carbocycles. The predicted molar refractivity (Wildman–Crippen MR) is 99.5 cm³/mol. The van der Waals surface area contributed by atoms with Gasteiger partial charge in [0.15, 0.2) is 22.0 Å². The number of esters is 1. The molecule has 0 aromatic carbocycles. The molecule has 0 bridgehead atoms. The average molecular weight is 392 g/mol. The van der Waals surface area contributed by atoms with Gasteiger partial charge in [0, 0.05) is 19.2 Å². The fourth-order valence-corrected chi connectivity index (χ4v) is 4.57. The summed E-state index contributed by atoms with van der Waals surface area (Å²) in [7, 11) is -3.09. The van der Waals surface area contributed by atoms with Gasteiger partial charge in [0.05, 0.1) is 11.5 Å². The van der Waals surface area contributed by atoms with Crippen LogP contribution < -0.4 is 0 Å². The van der Waals surface area contributed by atoms with E-state index in [-0.39, 0.29) is 23.5 Å². The van der Waals surface area contributed by atoms with E-state index in [2.05, 4.69) is 13.8 Å². The van der Waals surface area contributed by atoms with Crippen molar-refractivity contribution in [3.8, 4) is 0 Å². The van der Waals surface area contributed by atoms with Gasteiger partial charge in [-0.25, -0.2) is 13.2 Å². The maximum absolute atomic E-state index is 12.7. The van der Waals surface area contributed by atoms with E-state index in [0.29, 0.717) is 31.9 Å². The second-order valence-electron chi connectivity index (χ2n) is 7.36. The van der Waals surface area contributed by atoms with Crippen LogP contribution in [0.25, 0.3) is 0 Å². The van der Waals surface area contributed by atoms with Crippen molar-refractivity contribution in [2.45, 2.75) is 72.1 Å². The highest BCUT2D eigenvalue weighted by Gasteiger charge is 2.36. The van der Waals surface area contributed by atoms with E-state index >= 15 is 0 Å². The van der Waals surface area contributed by atoms with E-state index in [9.17, 15) is 18.0 Å². The first kappa shape index (κ1) is 22.9. The molecule has 0 aromatic heterocycles. The molecule has 7 nitrogen and oxygen atoms in total. The molecule has 0 spiro atoms. The van der Waals surface area contributed by atoms with E-state index < -0.39 is 28.0 Å². The predicted octanol–water partition coefficient (Wildman–Crippen LogP) is 1.80. The second kappa shape index (κ2) is 10.3. The lowest BCUT2D eigenvalue weighted by molar-refractivity contribution is -0.168. The van der Waals surface area contributed by atoms with E-state index in [0.717, 1.165) is 6.42 Å². The lowest BCUT2D eigenvalue weighted by Crippen LogP contribution is -2.47. The Morgan fingerprint density at radius 1 is 1.15 bits per heavy atom. The fraction of sp³-hybridized carbons (Fsp3) is 0.889. The van der Waals surface area contributed by atoms with Gasteiger partial charge >= 0.3 is 5.97 Å². The monoisotopic (exact) mass is 391 g/mol. The highest BCUT2D eigenvalue weighted by molar-refractivity contribution is 7.91. The number of rotatable bonds is 10. The van der Waals surface area contributed by atoms with E-state index in [1.807, 2.05) is 6.92 Å². The minimum atomic E-state index is -3.09. The highest BCUT2D eigenvalue weighted by Crippen LogP contribution is 2.19. The SMILES string of the molecule is CCCN(C(=O)C(C)OC(=O)C(C)OCCC(C)C)C1CCS(=O)(=O)C1. The fourth-order valence-electron chi connectivity index (χ4n) is 2.84. The summed E-state index contributed by atoms with van der Waals surface area (Å²) >= 11 is 0. The van der Waals surface area contributed by atoms with Crippen LogP contribution in [0.1, 0.15) is 53.9 Å². The number of hydrogen-bond donors (Lipinski definition) is 0. The third-order valence-electron chi connectivity index (χ3n) is 4.43. The molecule has 1 heterocycles. The first-order chi connectivity index (χ1) is 12.1. The standard InChI is InChI=1S/C18H33NO6S/c1-6-9-19(16-8-11-26(22,23)12-16)17(20)14(4)25-18(21)15(5)24-10-7-13(2)3/h13-16H,6-12H2,1-5H3. The number of hydrogen-bond acceptors (Lipinski definition) is 6. The molecule has 26 heavy (non-hydrogen) atoms. The van der Waals surface area contributed by atoms with Crippen molar-refractivity contribution in [3.63, 3.8) is 0 Å². The Bertz CT molecular complexity index is 574. The van der Waals surface area contributed by atoms with Crippen LogP contribution >= 0.6 is 0 Å². The van der Waals surface area contributed by atoms with Crippen molar-refractivity contribution < 1.29 is 27.5 Å². The summed E-state index contributed by atoms with van der Waals surface area (Å²) < 4.78 is 34.2. The smallest absolute Gasteiger partial charge is 0.335 e. The zero-order valence-electron chi connectivity index (χ0n) is 16.6. The molecule has 1 rings (SSSR count). The summed E-state index contributed by atoms with van der Waals surface area (Å²) in [6, 6.07) is -0.340. The van der Waals surface area contributed by atoms with E-state index in [1.54, 1.807) is 11.8 Å². The topological polar surface area (TPSA) is 90.0 Å². The van der Waals surface area contributed by atoms with Gasteiger partial charge in [0.2, 0.25) is 0 Å². The molecule has 1 saturated heterocycles. The van der Waals surface area contributed by atoms with Gasteiger partial charge < -0.3 is 14.4 Å². The minimum absolute atomic E-state index is 0.0197. The molecule has 1 amide bonds. The first-order valence-electron chi connectivity index (χ1n) is 9.40. The van der Waals surface area contributed by atoms with Crippen LogP contribution in [0, 0.1) is 5.92 Å². The maximum Gasteiger partial charge on any atom is 0.335 e. The van der Waals surface area contributed by atoms with Gasteiger partial charge in [-0.05, 0) is 39.0 Å². The van der Waals surface area contributed by atoms with Crippen molar-refractivity contribution in [3.05, 3.63) is 0 Å². The molecule has 0 N–H and O–H groups in total. The highest BCUT2D eigenvalue weighted by atomic mass is 32.2. The van der Waals surface area contributed by atoms with Crippen LogP contribution in [0.4, 0.5) is 0 Å². The van der Waals surface area contributed by atoms with E-state index in [1.165, 1.54) is 6.92 Å². The molecule has 152 valence electrons. The van der Waals surface area contributed by atoms with Crippen molar-refractivity contribution in [1.29, 1.82) is 0 Å². The number of sulfone groups is 1. The average Bonchev–Trinajstić information content (AvgIpc) is 2.91. The van der Waals surface area contributed by atoms with E-state index in [4.69, 9.17) is 9.47 Å². The zero-order valence-corrected chi connectivity index (χ0v) is 17.4. The Hall–Kier alpha value is -1.15. The summed E-state index contributed by atoms with van der Waals surface area (Å²) in [5.41, 5.74) is 0. The Labute approximate surface area is 157 Å². The molecule has 0 aliphatic carbocycles. The maximum atomic E-state index is 12.7. The Balaban J connectivity index is 2.61. The largest absolute Gasteiger partial charge is 0.451 e. The third-order valence-corrected chi connectivity index (χ3v) is 6.18. The van der Waals surface area contributed by atoms with Crippen LogP contribution in [0.15, 0.2) is 0 Å². The summed E-state index contributed by atoms with van der Waals surface area (Å²) in [6.07, 6.45) is 0.275. The zero-order chi connectivity index (χ0) is 19.9. The second-order valence-corrected chi connectivity index (χ2v) is 9.59. The molecule has 3 atom stereocenters. The number of carbonyl (C=O) groups is 2. The van der Waals surface area contributed by atoms with Crippen molar-refractivity contribution in [1.82, 2.24) is 4.90 Å². The van der Waals surface area contributed by atoms with Gasteiger partial charge in [0.1, 0.15) is 0 Å². The number of nitrogens with zero attached hydrogens (tertiary/aromatic N) is 1. The summed E-state index contributed by atoms with van der Waals surface area (Å²) in [6.45, 7) is 10.1. The minimum Gasteiger partial charge on any atom is -0.451 e. The molecular formula is C18H33NO6S. The Morgan fingerprint density at radius 2 is 1.81 bits per heavy atom. The number of ether oxygens (including phenoxy) is 2. The molecule has 1 aliphatic rings. The summed E-state index contributed by atoms with van der Waals surface area (Å²) in [5.74, 6) is -0.375. The molecular weight excluding hydrogens is 358 g/mol. The lowest BCUT2D eigenvalue weighted by atomic mass is 10.1. The number of carbonyl (C=O) groups excluding carboxylic acids is 2. The van der Waals surface area contributed by atoms with Crippen LogP contribution in [0.2, 0.25) is 0 Å². The van der Waals surface area contributed by atoms with Gasteiger partial charge in [-0.3, -0.25) is 4.79 Å². The van der Waals surface area contributed by atoms with Crippen LogP contribution in [0.5, 0.6) is 0 Å². The lowest BCUT2D eigenvalue weighted by Gasteiger charge is -2.30. The molecule has 3 unspecified atom stereocenters. The Morgan fingerprint density at radius 3 is 2.31 bits per heavy atom. The quantitative estimate of drug-likeness (QED) is 0.528. The normalized spacial score (nSPS) is 21.4. The van der Waals surface area contributed by atoms with Gasteiger partial charge in [0.25, 0.3) is 5.91 Å². The molecule has 1 aliphatic heterocycles. The Kier molecular flexibility index (Phi) is 9.03. The first-order valence-corrected chi connectivity index (χ1v) is 11.2. The molecule has 1 fully saturated rings. The van der Waals surface area contributed by atoms with Gasteiger partial charge in [-0.15, -0.1) is 0 Å². The molecule has 8 heteroatoms. The van der Waals surface area contributed by atoms with Crippen molar-refractivity contribution in [2.75, 3.05) is 24.7 Å². The van der Waals surface area contributed by atoms with Crippen molar-refractivity contribution in [2.24, 2.45) is 5.92 Å². The van der Waals surface area contributed by atoms with Crippen LogP contribution in [-0.4, -0.2) is 68.1 Å². The number of amides is 1. The third kappa shape index (κ3) is 7.23. The van der Waals surface area contributed by atoms with Crippen LogP contribution in [0.3, 0.4) is 0 Å².